The highest BCUT2D eigenvalue weighted by molar-refractivity contribution is 6.02. The van der Waals surface area contributed by atoms with Gasteiger partial charge >= 0.3 is 0 Å². The number of ether oxygens (including phenoxy) is 1. The van der Waals surface area contributed by atoms with E-state index in [1.54, 1.807) is 13.3 Å². The molecule has 5 heteroatoms. The van der Waals surface area contributed by atoms with Crippen LogP contribution in [0.25, 0.3) is 21.5 Å². The molecule has 2 N–H and O–H groups in total. The lowest BCUT2D eigenvalue weighted by molar-refractivity contribution is -0.119. The van der Waals surface area contributed by atoms with E-state index in [0.29, 0.717) is 5.75 Å². The number of rotatable bonds is 6. The number of hydrogen-bond acceptors (Lipinski definition) is 4. The topological polar surface area (TPSA) is 62.7 Å². The number of hydrazone groups is 1. The molecule has 4 aromatic rings. The fourth-order valence-corrected chi connectivity index (χ4v) is 3.35. The monoisotopic (exact) mass is 383 g/mol. The molecule has 0 aliphatic carbocycles. The van der Waals surface area contributed by atoms with E-state index in [1.165, 1.54) is 0 Å². The van der Waals surface area contributed by atoms with E-state index in [1.807, 2.05) is 78.9 Å². The molecule has 0 heterocycles. The SMILES string of the molecule is COc1ccc2ccccc2c1/C=N\NC(=O)CNc1cccc2ccccc12. The Morgan fingerprint density at radius 2 is 1.59 bits per heavy atom. The summed E-state index contributed by atoms with van der Waals surface area (Å²) in [4.78, 5) is 12.2. The summed E-state index contributed by atoms with van der Waals surface area (Å²) < 4.78 is 5.44. The molecule has 0 aliphatic rings. The van der Waals surface area contributed by atoms with Gasteiger partial charge in [0.25, 0.3) is 5.91 Å². The lowest BCUT2D eigenvalue weighted by Gasteiger charge is -2.09. The Labute approximate surface area is 169 Å². The van der Waals surface area contributed by atoms with Gasteiger partial charge in [0.1, 0.15) is 5.75 Å². The van der Waals surface area contributed by atoms with Gasteiger partial charge in [0.2, 0.25) is 0 Å². The van der Waals surface area contributed by atoms with Gasteiger partial charge in [0.15, 0.2) is 0 Å². The van der Waals surface area contributed by atoms with Gasteiger partial charge in [-0.15, -0.1) is 0 Å². The summed E-state index contributed by atoms with van der Waals surface area (Å²) in [7, 11) is 1.62. The summed E-state index contributed by atoms with van der Waals surface area (Å²) in [5, 5.41) is 11.6. The Hall–Kier alpha value is -3.86. The number of benzene rings is 4. The van der Waals surface area contributed by atoms with Crippen molar-refractivity contribution in [3.63, 3.8) is 0 Å². The lowest BCUT2D eigenvalue weighted by atomic mass is 10.0. The first-order valence-electron chi connectivity index (χ1n) is 9.35. The van der Waals surface area contributed by atoms with Crippen molar-refractivity contribution >= 4 is 39.4 Å². The highest BCUT2D eigenvalue weighted by Crippen LogP contribution is 2.26. The van der Waals surface area contributed by atoms with E-state index in [2.05, 4.69) is 15.8 Å². The summed E-state index contributed by atoms with van der Waals surface area (Å²) in [5.74, 6) is 0.476. The molecule has 0 radical (unpaired) electrons. The van der Waals surface area contributed by atoms with Crippen LogP contribution in [-0.2, 0) is 4.79 Å². The molecule has 0 fully saturated rings. The minimum absolute atomic E-state index is 0.123. The van der Waals surface area contributed by atoms with E-state index in [9.17, 15) is 4.79 Å². The third kappa shape index (κ3) is 4.04. The maximum atomic E-state index is 12.2. The molecule has 0 aliphatic heterocycles. The molecule has 0 spiro atoms. The van der Waals surface area contributed by atoms with E-state index in [0.717, 1.165) is 32.8 Å². The van der Waals surface area contributed by atoms with Gasteiger partial charge in [-0.3, -0.25) is 4.79 Å². The van der Waals surface area contributed by atoms with E-state index < -0.39 is 0 Å². The van der Waals surface area contributed by atoms with Crippen molar-refractivity contribution in [2.24, 2.45) is 5.10 Å². The first kappa shape index (κ1) is 18.5. The smallest absolute Gasteiger partial charge is 0.259 e. The molecule has 4 rings (SSSR count). The van der Waals surface area contributed by atoms with E-state index >= 15 is 0 Å². The first-order valence-corrected chi connectivity index (χ1v) is 9.35. The van der Waals surface area contributed by atoms with Crippen molar-refractivity contribution in [1.29, 1.82) is 0 Å². The largest absolute Gasteiger partial charge is 0.496 e. The maximum absolute atomic E-state index is 12.2. The van der Waals surface area contributed by atoms with Crippen LogP contribution in [0.3, 0.4) is 0 Å². The molecule has 4 aromatic carbocycles. The van der Waals surface area contributed by atoms with Crippen molar-refractivity contribution in [3.05, 3.63) is 84.4 Å². The van der Waals surface area contributed by atoms with Crippen LogP contribution in [0.4, 0.5) is 5.69 Å². The number of anilines is 1. The molecular weight excluding hydrogens is 362 g/mol. The molecule has 0 bridgehead atoms. The normalized spacial score (nSPS) is 11.1. The van der Waals surface area contributed by atoms with Crippen molar-refractivity contribution < 1.29 is 9.53 Å². The van der Waals surface area contributed by atoms with E-state index in [-0.39, 0.29) is 12.5 Å². The second-order valence-electron chi connectivity index (χ2n) is 6.58. The van der Waals surface area contributed by atoms with Crippen molar-refractivity contribution in [1.82, 2.24) is 5.43 Å². The van der Waals surface area contributed by atoms with Crippen LogP contribution in [-0.4, -0.2) is 25.8 Å². The Morgan fingerprint density at radius 1 is 0.897 bits per heavy atom. The zero-order valence-electron chi connectivity index (χ0n) is 16.1. The lowest BCUT2D eigenvalue weighted by Crippen LogP contribution is -2.26. The number of amides is 1. The third-order valence-electron chi connectivity index (χ3n) is 4.76. The molecular formula is C24H21N3O2. The van der Waals surface area contributed by atoms with Crippen LogP contribution >= 0.6 is 0 Å². The van der Waals surface area contributed by atoms with Gasteiger partial charge < -0.3 is 10.1 Å². The highest BCUT2D eigenvalue weighted by atomic mass is 16.5. The summed E-state index contributed by atoms with van der Waals surface area (Å²) in [6.45, 7) is 0.123. The van der Waals surface area contributed by atoms with Crippen LogP contribution < -0.4 is 15.5 Å². The van der Waals surface area contributed by atoms with E-state index in [4.69, 9.17) is 4.74 Å². The van der Waals surface area contributed by atoms with Crippen LogP contribution in [0, 0.1) is 0 Å². The number of carbonyl (C=O) groups excluding carboxylic acids is 1. The number of fused-ring (bicyclic) bond motifs is 2. The zero-order chi connectivity index (χ0) is 20.1. The van der Waals surface area contributed by atoms with Crippen LogP contribution in [0.15, 0.2) is 84.0 Å². The zero-order valence-corrected chi connectivity index (χ0v) is 16.1. The van der Waals surface area contributed by atoms with Gasteiger partial charge in [-0.25, -0.2) is 5.43 Å². The van der Waals surface area contributed by atoms with Crippen LogP contribution in [0.2, 0.25) is 0 Å². The number of nitrogens with one attached hydrogen (secondary N) is 2. The summed E-state index contributed by atoms with van der Waals surface area (Å²) in [6.07, 6.45) is 1.62. The van der Waals surface area contributed by atoms with Gasteiger partial charge in [-0.1, -0.05) is 66.7 Å². The Morgan fingerprint density at radius 3 is 2.38 bits per heavy atom. The Balaban J connectivity index is 1.45. The Bertz CT molecular complexity index is 1200. The molecule has 0 aromatic heterocycles. The molecule has 0 saturated heterocycles. The molecule has 29 heavy (non-hydrogen) atoms. The minimum atomic E-state index is -0.228. The fourth-order valence-electron chi connectivity index (χ4n) is 3.35. The number of carbonyl (C=O) groups is 1. The second kappa shape index (κ2) is 8.44. The molecule has 0 unspecified atom stereocenters. The summed E-state index contributed by atoms with van der Waals surface area (Å²) >= 11 is 0. The van der Waals surface area contributed by atoms with Crippen molar-refractivity contribution in [3.8, 4) is 5.75 Å². The van der Waals surface area contributed by atoms with Crippen LogP contribution in [0.5, 0.6) is 5.75 Å². The number of methoxy groups -OCH3 is 1. The summed E-state index contributed by atoms with van der Waals surface area (Å²) in [6, 6.07) is 25.9. The predicted molar refractivity (Wildman–Crippen MR) is 119 cm³/mol. The standard InChI is InChI=1S/C24H21N3O2/c1-29-23-14-13-18-8-2-4-10-19(18)21(23)15-26-27-24(28)16-25-22-12-6-9-17-7-3-5-11-20(17)22/h2-15,25H,16H2,1H3,(H,27,28)/b26-15-. The quantitative estimate of drug-likeness (QED) is 0.379. The minimum Gasteiger partial charge on any atom is -0.496 e. The van der Waals surface area contributed by atoms with Crippen molar-refractivity contribution in [2.75, 3.05) is 19.0 Å². The second-order valence-corrected chi connectivity index (χ2v) is 6.58. The molecule has 0 saturated carbocycles. The van der Waals surface area contributed by atoms with Gasteiger partial charge in [-0.2, -0.15) is 5.10 Å². The average molecular weight is 383 g/mol. The first-order chi connectivity index (χ1) is 14.3. The molecule has 0 atom stereocenters. The van der Waals surface area contributed by atoms with Gasteiger partial charge in [0, 0.05) is 16.6 Å². The van der Waals surface area contributed by atoms with Crippen LogP contribution in [0.1, 0.15) is 5.56 Å². The van der Waals surface area contributed by atoms with Gasteiger partial charge in [0.05, 0.1) is 19.9 Å². The molecule has 1 amide bonds. The fraction of sp³-hybridized carbons (Fsp3) is 0.0833. The summed E-state index contributed by atoms with van der Waals surface area (Å²) in [5.41, 5.74) is 4.32. The molecule has 5 nitrogen and oxygen atoms in total. The third-order valence-corrected chi connectivity index (χ3v) is 4.76. The highest BCUT2D eigenvalue weighted by Gasteiger charge is 2.07. The number of nitrogens with zero attached hydrogens (tertiary/aromatic N) is 1. The predicted octanol–water partition coefficient (Wildman–Crippen LogP) is 4.56. The Kier molecular flexibility index (Phi) is 5.38. The average Bonchev–Trinajstić information content (AvgIpc) is 2.77. The molecule has 144 valence electrons. The van der Waals surface area contributed by atoms with Crippen molar-refractivity contribution in [2.45, 2.75) is 0 Å². The maximum Gasteiger partial charge on any atom is 0.259 e. The number of hydrogen-bond donors (Lipinski definition) is 2. The van der Waals surface area contributed by atoms with Gasteiger partial charge in [-0.05, 0) is 28.3 Å².